The van der Waals surface area contributed by atoms with Crippen LogP contribution in [0.25, 0.3) is 0 Å². The summed E-state index contributed by atoms with van der Waals surface area (Å²) in [6.07, 6.45) is 1.32. The number of benzene rings is 1. The van der Waals surface area contributed by atoms with Crippen molar-refractivity contribution < 1.29 is 9.13 Å². The molecule has 1 aromatic rings. The van der Waals surface area contributed by atoms with Crippen molar-refractivity contribution in [3.63, 3.8) is 0 Å². The molecule has 0 radical (unpaired) electrons. The lowest BCUT2D eigenvalue weighted by atomic mass is 9.64. The number of nitrogens with one attached hydrogen (secondary N) is 1. The third-order valence-corrected chi connectivity index (χ3v) is 4.33. The molecule has 1 fully saturated rings. The average molecular weight is 279 g/mol. The van der Waals surface area contributed by atoms with Gasteiger partial charge in [0.15, 0.2) is 0 Å². The van der Waals surface area contributed by atoms with Crippen molar-refractivity contribution in [3.05, 3.63) is 29.6 Å². The van der Waals surface area contributed by atoms with E-state index in [4.69, 9.17) is 4.74 Å². The molecule has 0 spiro atoms. The molecule has 2 atom stereocenters. The van der Waals surface area contributed by atoms with Crippen LogP contribution in [0.5, 0.6) is 0 Å². The molecule has 1 aliphatic carbocycles. The van der Waals surface area contributed by atoms with E-state index in [0.717, 1.165) is 24.3 Å². The average Bonchev–Trinajstić information content (AvgIpc) is 2.34. The first-order valence-corrected chi connectivity index (χ1v) is 7.45. The van der Waals surface area contributed by atoms with E-state index in [1.165, 1.54) is 6.07 Å². The molecule has 1 N–H and O–H groups in total. The molecule has 0 aromatic heterocycles. The van der Waals surface area contributed by atoms with Gasteiger partial charge >= 0.3 is 0 Å². The van der Waals surface area contributed by atoms with Crippen molar-refractivity contribution in [1.29, 1.82) is 0 Å². The topological polar surface area (TPSA) is 21.3 Å². The predicted molar refractivity (Wildman–Crippen MR) is 81.5 cm³/mol. The molecule has 0 amide bonds. The van der Waals surface area contributed by atoms with Gasteiger partial charge in [-0.15, -0.1) is 0 Å². The van der Waals surface area contributed by atoms with Crippen molar-refractivity contribution in [2.24, 2.45) is 11.3 Å². The smallest absolute Gasteiger partial charge is 0.123 e. The molecule has 0 aliphatic heterocycles. The van der Waals surface area contributed by atoms with Crippen LogP contribution in [-0.4, -0.2) is 18.8 Å². The zero-order valence-corrected chi connectivity index (χ0v) is 13.2. The molecule has 2 unspecified atom stereocenters. The molecule has 1 aliphatic rings. The van der Waals surface area contributed by atoms with Gasteiger partial charge in [0.05, 0.1) is 6.10 Å². The summed E-state index contributed by atoms with van der Waals surface area (Å²) in [6, 6.07) is 5.28. The van der Waals surface area contributed by atoms with Gasteiger partial charge in [-0.05, 0) is 43.0 Å². The molecule has 0 saturated heterocycles. The molecular formula is C17H26FNO. The lowest BCUT2D eigenvalue weighted by molar-refractivity contribution is -0.108. The zero-order chi connectivity index (χ0) is 14.9. The van der Waals surface area contributed by atoms with Gasteiger partial charge in [-0.25, -0.2) is 4.39 Å². The van der Waals surface area contributed by atoms with Gasteiger partial charge in [0, 0.05) is 23.8 Å². The summed E-state index contributed by atoms with van der Waals surface area (Å²) >= 11 is 0. The van der Waals surface area contributed by atoms with Gasteiger partial charge < -0.3 is 10.1 Å². The fourth-order valence-electron chi connectivity index (χ4n) is 2.70. The highest BCUT2D eigenvalue weighted by molar-refractivity contribution is 5.52. The fourth-order valence-corrected chi connectivity index (χ4v) is 2.70. The molecule has 3 heteroatoms. The number of hydrogen-bond acceptors (Lipinski definition) is 2. The SMILES string of the molecule is Cc1cc(F)ccc1NC1CC(OCC(C)C)C1(C)C. The summed E-state index contributed by atoms with van der Waals surface area (Å²) in [5.41, 5.74) is 2.08. The lowest BCUT2D eigenvalue weighted by Gasteiger charge is -2.52. The summed E-state index contributed by atoms with van der Waals surface area (Å²) in [6.45, 7) is 11.6. The minimum absolute atomic E-state index is 0.107. The van der Waals surface area contributed by atoms with E-state index in [2.05, 4.69) is 33.0 Å². The highest BCUT2D eigenvalue weighted by Gasteiger charge is 2.49. The van der Waals surface area contributed by atoms with Crippen molar-refractivity contribution in [3.8, 4) is 0 Å². The Morgan fingerprint density at radius 1 is 1.40 bits per heavy atom. The Morgan fingerprint density at radius 2 is 2.10 bits per heavy atom. The van der Waals surface area contributed by atoms with Gasteiger partial charge in [-0.2, -0.15) is 0 Å². The molecule has 1 aromatic carbocycles. The molecule has 0 bridgehead atoms. The van der Waals surface area contributed by atoms with E-state index in [1.807, 2.05) is 13.0 Å². The van der Waals surface area contributed by atoms with Crippen LogP contribution in [-0.2, 0) is 4.74 Å². The zero-order valence-electron chi connectivity index (χ0n) is 13.2. The van der Waals surface area contributed by atoms with Crippen LogP contribution in [0, 0.1) is 24.1 Å². The lowest BCUT2D eigenvalue weighted by Crippen LogP contribution is -2.58. The second kappa shape index (κ2) is 5.72. The minimum atomic E-state index is -0.181. The standard InChI is InChI=1S/C17H26FNO/c1-11(2)10-20-16-9-15(17(16,4)5)19-14-7-6-13(18)8-12(14)3/h6-8,11,15-16,19H,9-10H2,1-5H3. The van der Waals surface area contributed by atoms with Crippen LogP contribution in [0.4, 0.5) is 10.1 Å². The van der Waals surface area contributed by atoms with Crippen LogP contribution in [0.3, 0.4) is 0 Å². The quantitative estimate of drug-likeness (QED) is 0.863. The van der Waals surface area contributed by atoms with E-state index in [0.29, 0.717) is 18.1 Å². The fraction of sp³-hybridized carbons (Fsp3) is 0.647. The van der Waals surface area contributed by atoms with Crippen molar-refractivity contribution in [1.82, 2.24) is 0 Å². The second-order valence-corrected chi connectivity index (χ2v) is 6.93. The third-order valence-electron chi connectivity index (χ3n) is 4.33. The third kappa shape index (κ3) is 3.14. The largest absolute Gasteiger partial charge is 0.381 e. The predicted octanol–water partition coefficient (Wildman–Crippen LogP) is 4.39. The van der Waals surface area contributed by atoms with Crippen LogP contribution < -0.4 is 5.32 Å². The number of anilines is 1. The van der Waals surface area contributed by atoms with Gasteiger partial charge in [0.25, 0.3) is 0 Å². The highest BCUT2D eigenvalue weighted by atomic mass is 19.1. The maximum absolute atomic E-state index is 13.1. The molecular weight excluding hydrogens is 253 g/mol. The molecule has 0 heterocycles. The minimum Gasteiger partial charge on any atom is -0.381 e. The summed E-state index contributed by atoms with van der Waals surface area (Å²) in [5, 5.41) is 3.54. The first kappa shape index (κ1) is 15.3. The number of hydrogen-bond donors (Lipinski definition) is 1. The summed E-state index contributed by atoms with van der Waals surface area (Å²) < 4.78 is 19.1. The van der Waals surface area contributed by atoms with Gasteiger partial charge in [0.2, 0.25) is 0 Å². The molecule has 1 saturated carbocycles. The van der Waals surface area contributed by atoms with Crippen LogP contribution in [0.15, 0.2) is 18.2 Å². The highest BCUT2D eigenvalue weighted by Crippen LogP contribution is 2.44. The van der Waals surface area contributed by atoms with Crippen LogP contribution >= 0.6 is 0 Å². The second-order valence-electron chi connectivity index (χ2n) is 6.93. The maximum atomic E-state index is 13.1. The number of rotatable bonds is 5. The molecule has 2 rings (SSSR count). The first-order chi connectivity index (χ1) is 9.30. The Balaban J connectivity index is 1.95. The summed E-state index contributed by atoms with van der Waals surface area (Å²) in [4.78, 5) is 0. The summed E-state index contributed by atoms with van der Waals surface area (Å²) in [5.74, 6) is 0.385. The van der Waals surface area contributed by atoms with Gasteiger partial charge in [-0.1, -0.05) is 27.7 Å². The van der Waals surface area contributed by atoms with Crippen LogP contribution in [0.1, 0.15) is 39.7 Å². The van der Waals surface area contributed by atoms with Crippen molar-refractivity contribution in [2.75, 3.05) is 11.9 Å². The Labute approximate surface area is 121 Å². The van der Waals surface area contributed by atoms with Crippen molar-refractivity contribution in [2.45, 2.75) is 53.2 Å². The number of aryl methyl sites for hydroxylation is 1. The van der Waals surface area contributed by atoms with E-state index < -0.39 is 0 Å². The van der Waals surface area contributed by atoms with E-state index >= 15 is 0 Å². The molecule has 20 heavy (non-hydrogen) atoms. The Bertz CT molecular complexity index is 470. The van der Waals surface area contributed by atoms with E-state index in [1.54, 1.807) is 6.07 Å². The molecule has 112 valence electrons. The monoisotopic (exact) mass is 279 g/mol. The number of halogens is 1. The first-order valence-electron chi connectivity index (χ1n) is 7.45. The Morgan fingerprint density at radius 3 is 2.65 bits per heavy atom. The maximum Gasteiger partial charge on any atom is 0.123 e. The summed E-state index contributed by atoms with van der Waals surface area (Å²) in [7, 11) is 0. The molecule has 2 nitrogen and oxygen atoms in total. The van der Waals surface area contributed by atoms with Gasteiger partial charge in [0.1, 0.15) is 5.82 Å². The number of ether oxygens (including phenoxy) is 1. The van der Waals surface area contributed by atoms with E-state index in [9.17, 15) is 4.39 Å². The van der Waals surface area contributed by atoms with E-state index in [-0.39, 0.29) is 11.2 Å². The van der Waals surface area contributed by atoms with Gasteiger partial charge in [-0.3, -0.25) is 0 Å². The Kier molecular flexibility index (Phi) is 4.38. The van der Waals surface area contributed by atoms with Crippen LogP contribution in [0.2, 0.25) is 0 Å². The van der Waals surface area contributed by atoms with Crippen molar-refractivity contribution >= 4 is 5.69 Å². The normalized spacial score (nSPS) is 24.6. The Hall–Kier alpha value is -1.09.